The van der Waals surface area contributed by atoms with Crippen LogP contribution in [0.1, 0.15) is 23.5 Å². The van der Waals surface area contributed by atoms with Crippen LogP contribution in [0.3, 0.4) is 0 Å². The third-order valence-electron chi connectivity index (χ3n) is 5.94. The number of hydrogen-bond donors (Lipinski definition) is 2. The molecule has 0 unspecified atom stereocenters. The number of aliphatic carboxylic acids is 1. The molecule has 1 fully saturated rings. The Balaban J connectivity index is 1.24. The molecule has 9 heteroatoms. The number of nitrogens with zero attached hydrogens (tertiary/aromatic N) is 1. The molecule has 2 atom stereocenters. The number of fused-ring (bicyclic) bond motifs is 3. The monoisotopic (exact) mass is 454 g/mol. The molecule has 2 N–H and O–H groups in total. The topological polar surface area (TPSA) is 114 Å². The molecule has 1 saturated heterocycles. The minimum absolute atomic E-state index is 0.0192. The zero-order chi connectivity index (χ0) is 23.4. The molecule has 33 heavy (non-hydrogen) atoms. The zero-order valence-electron chi connectivity index (χ0n) is 18.2. The third-order valence-corrected chi connectivity index (χ3v) is 5.94. The standard InChI is InChI=1S/C24H26N2O7/c1-26(33-14-22(27)28)23(29)15-10-16(31-12-15)11-25-24(30)32-13-21-19-8-4-2-6-17(19)18-7-3-5-9-20(18)21/h2-9,15-16,21H,10-14H2,1H3,(H,25,30)(H,27,28)/t15-,16-/m0/s1. The highest BCUT2D eigenvalue weighted by atomic mass is 16.7. The third kappa shape index (κ3) is 5.15. The van der Waals surface area contributed by atoms with Gasteiger partial charge in [-0.3, -0.25) is 9.63 Å². The predicted molar refractivity (Wildman–Crippen MR) is 117 cm³/mol. The molecule has 0 bridgehead atoms. The number of amides is 2. The summed E-state index contributed by atoms with van der Waals surface area (Å²) in [7, 11) is 1.37. The largest absolute Gasteiger partial charge is 0.479 e. The normalized spacial score (nSPS) is 18.9. The van der Waals surface area contributed by atoms with Crippen LogP contribution in [-0.4, -0.2) is 67.7 Å². The van der Waals surface area contributed by atoms with Crippen molar-refractivity contribution >= 4 is 18.0 Å². The van der Waals surface area contributed by atoms with Crippen LogP contribution in [0.15, 0.2) is 48.5 Å². The van der Waals surface area contributed by atoms with E-state index in [1.807, 2.05) is 24.3 Å². The molecule has 0 aromatic heterocycles. The molecule has 2 amide bonds. The lowest BCUT2D eigenvalue weighted by molar-refractivity contribution is -0.189. The average molecular weight is 454 g/mol. The Labute approximate surface area is 191 Å². The highest BCUT2D eigenvalue weighted by Crippen LogP contribution is 2.44. The van der Waals surface area contributed by atoms with E-state index in [9.17, 15) is 14.4 Å². The smallest absolute Gasteiger partial charge is 0.407 e. The second-order valence-corrected chi connectivity index (χ2v) is 8.10. The lowest BCUT2D eigenvalue weighted by Gasteiger charge is -2.18. The molecule has 0 spiro atoms. The van der Waals surface area contributed by atoms with Gasteiger partial charge in [0, 0.05) is 19.5 Å². The van der Waals surface area contributed by atoms with E-state index in [0.717, 1.165) is 27.3 Å². The van der Waals surface area contributed by atoms with Crippen molar-refractivity contribution < 1.29 is 33.8 Å². The van der Waals surface area contributed by atoms with Gasteiger partial charge < -0.3 is 19.9 Å². The van der Waals surface area contributed by atoms with Crippen LogP contribution in [-0.2, 0) is 23.9 Å². The number of carbonyl (C=O) groups excluding carboxylic acids is 2. The van der Waals surface area contributed by atoms with Crippen molar-refractivity contribution in [3.8, 4) is 11.1 Å². The van der Waals surface area contributed by atoms with Crippen LogP contribution in [0.5, 0.6) is 0 Å². The van der Waals surface area contributed by atoms with Gasteiger partial charge in [-0.2, -0.15) is 0 Å². The van der Waals surface area contributed by atoms with E-state index in [4.69, 9.17) is 19.4 Å². The lowest BCUT2D eigenvalue weighted by Crippen LogP contribution is -2.35. The number of carboxylic acid groups (broad SMARTS) is 1. The number of alkyl carbamates (subject to hydrolysis) is 1. The van der Waals surface area contributed by atoms with Gasteiger partial charge in [0.1, 0.15) is 6.61 Å². The zero-order valence-corrected chi connectivity index (χ0v) is 18.2. The number of benzene rings is 2. The van der Waals surface area contributed by atoms with E-state index in [0.29, 0.717) is 6.42 Å². The van der Waals surface area contributed by atoms with E-state index >= 15 is 0 Å². The minimum atomic E-state index is -1.16. The molecule has 2 aromatic carbocycles. The first kappa shape index (κ1) is 22.8. The second kappa shape index (κ2) is 10.0. The van der Waals surface area contributed by atoms with Gasteiger partial charge in [0.2, 0.25) is 0 Å². The van der Waals surface area contributed by atoms with Crippen molar-refractivity contribution in [3.63, 3.8) is 0 Å². The van der Waals surface area contributed by atoms with E-state index < -0.39 is 24.6 Å². The van der Waals surface area contributed by atoms with Gasteiger partial charge in [-0.05, 0) is 28.7 Å². The summed E-state index contributed by atoms with van der Waals surface area (Å²) in [6, 6.07) is 16.2. The Morgan fingerprint density at radius 1 is 1.09 bits per heavy atom. The fourth-order valence-electron chi connectivity index (χ4n) is 4.34. The first-order valence-corrected chi connectivity index (χ1v) is 10.8. The second-order valence-electron chi connectivity index (χ2n) is 8.10. The summed E-state index contributed by atoms with van der Waals surface area (Å²) in [4.78, 5) is 40.1. The Morgan fingerprint density at radius 3 is 2.36 bits per heavy atom. The number of carboxylic acids is 1. The molecule has 0 radical (unpaired) electrons. The van der Waals surface area contributed by atoms with Crippen LogP contribution < -0.4 is 5.32 Å². The summed E-state index contributed by atoms with van der Waals surface area (Å²) in [5.74, 6) is -2.00. The van der Waals surface area contributed by atoms with Crippen molar-refractivity contribution in [2.24, 2.45) is 5.92 Å². The van der Waals surface area contributed by atoms with Gasteiger partial charge in [0.15, 0.2) is 6.61 Å². The highest BCUT2D eigenvalue weighted by Gasteiger charge is 2.34. The van der Waals surface area contributed by atoms with Crippen LogP contribution in [0.25, 0.3) is 11.1 Å². The number of rotatable bonds is 8. The SMILES string of the molecule is CN(OCC(=O)O)C(=O)[C@@H]1CO[C@H](CNC(=O)OCC2c3ccccc3-c3ccccc32)C1. The van der Waals surface area contributed by atoms with Gasteiger partial charge in [-0.15, -0.1) is 0 Å². The van der Waals surface area contributed by atoms with Crippen molar-refractivity contribution in [1.29, 1.82) is 0 Å². The van der Waals surface area contributed by atoms with Gasteiger partial charge in [-0.1, -0.05) is 48.5 Å². The number of carbonyl (C=O) groups is 3. The number of nitrogens with one attached hydrogen (secondary N) is 1. The van der Waals surface area contributed by atoms with E-state index in [1.165, 1.54) is 7.05 Å². The van der Waals surface area contributed by atoms with Gasteiger partial charge in [0.25, 0.3) is 5.91 Å². The van der Waals surface area contributed by atoms with Crippen LogP contribution in [0.2, 0.25) is 0 Å². The van der Waals surface area contributed by atoms with Crippen molar-refractivity contribution in [2.45, 2.75) is 18.4 Å². The summed E-state index contributed by atoms with van der Waals surface area (Å²) >= 11 is 0. The summed E-state index contributed by atoms with van der Waals surface area (Å²) in [6.07, 6.45) is -0.493. The van der Waals surface area contributed by atoms with Gasteiger partial charge >= 0.3 is 12.1 Å². The number of hydrogen-bond acceptors (Lipinski definition) is 6. The van der Waals surface area contributed by atoms with Crippen LogP contribution in [0, 0.1) is 5.92 Å². The molecular formula is C24H26N2O7. The molecular weight excluding hydrogens is 428 g/mol. The average Bonchev–Trinajstić information content (AvgIpc) is 3.42. The molecule has 174 valence electrons. The maximum atomic E-state index is 12.3. The Kier molecular flexibility index (Phi) is 6.90. The van der Waals surface area contributed by atoms with Crippen molar-refractivity contribution in [2.75, 3.05) is 33.4 Å². The minimum Gasteiger partial charge on any atom is -0.479 e. The molecule has 0 saturated carbocycles. The molecule has 9 nitrogen and oxygen atoms in total. The Morgan fingerprint density at radius 2 is 1.73 bits per heavy atom. The predicted octanol–water partition coefficient (Wildman–Crippen LogP) is 2.40. The number of ether oxygens (including phenoxy) is 2. The molecule has 1 heterocycles. The van der Waals surface area contributed by atoms with Crippen molar-refractivity contribution in [1.82, 2.24) is 10.4 Å². The summed E-state index contributed by atoms with van der Waals surface area (Å²) in [5.41, 5.74) is 4.60. The first-order chi connectivity index (χ1) is 15.9. The lowest BCUT2D eigenvalue weighted by atomic mass is 9.98. The first-order valence-electron chi connectivity index (χ1n) is 10.8. The Hall–Kier alpha value is -3.43. The highest BCUT2D eigenvalue weighted by molar-refractivity contribution is 5.79. The fourth-order valence-corrected chi connectivity index (χ4v) is 4.34. The summed E-state index contributed by atoms with van der Waals surface area (Å²) in [6.45, 7) is 0.0115. The molecule has 4 rings (SSSR count). The van der Waals surface area contributed by atoms with E-state index in [1.54, 1.807) is 0 Å². The maximum Gasteiger partial charge on any atom is 0.407 e. The maximum absolute atomic E-state index is 12.3. The van der Waals surface area contributed by atoms with E-state index in [-0.39, 0.29) is 37.7 Å². The quantitative estimate of drug-likeness (QED) is 0.589. The fraction of sp³-hybridized carbons (Fsp3) is 0.375. The molecule has 2 aromatic rings. The summed E-state index contributed by atoms with van der Waals surface area (Å²) in [5, 5.41) is 12.3. The van der Waals surface area contributed by atoms with Gasteiger partial charge in [-0.25, -0.2) is 14.7 Å². The van der Waals surface area contributed by atoms with Crippen LogP contribution in [0.4, 0.5) is 4.79 Å². The van der Waals surface area contributed by atoms with Crippen molar-refractivity contribution in [3.05, 3.63) is 59.7 Å². The number of hydroxylamine groups is 2. The molecule has 1 aliphatic heterocycles. The molecule has 1 aliphatic carbocycles. The summed E-state index contributed by atoms with van der Waals surface area (Å²) < 4.78 is 11.1. The molecule has 2 aliphatic rings. The van der Waals surface area contributed by atoms with Crippen LogP contribution >= 0.6 is 0 Å². The van der Waals surface area contributed by atoms with E-state index in [2.05, 4.69) is 29.6 Å². The Bertz CT molecular complexity index is 995. The van der Waals surface area contributed by atoms with Gasteiger partial charge in [0.05, 0.1) is 18.6 Å².